The van der Waals surface area contributed by atoms with Crippen LogP contribution in [0.1, 0.15) is 52.4 Å². The molecule has 1 aromatic rings. The number of hydrogen-bond acceptors (Lipinski definition) is 4. The van der Waals surface area contributed by atoms with Gasteiger partial charge >= 0.3 is 5.97 Å². The Morgan fingerprint density at radius 3 is 2.26 bits per heavy atom. The minimum absolute atomic E-state index is 0.0477. The lowest BCUT2D eigenvalue weighted by atomic mass is 10.1. The van der Waals surface area contributed by atoms with Gasteiger partial charge in [0, 0.05) is 39.0 Å². The van der Waals surface area contributed by atoms with E-state index in [1.165, 1.54) is 0 Å². The molecule has 1 amide bonds. The van der Waals surface area contributed by atoms with E-state index in [4.69, 9.17) is 16.3 Å². The van der Waals surface area contributed by atoms with Crippen LogP contribution in [0.15, 0.2) is 24.3 Å². The number of anilines is 1. The third kappa shape index (κ3) is 7.41. The molecule has 1 saturated heterocycles. The lowest BCUT2D eigenvalue weighted by Crippen LogP contribution is -2.48. The zero-order valence-electron chi connectivity index (χ0n) is 16.5. The fourth-order valence-corrected chi connectivity index (χ4v) is 3.54. The first-order valence-corrected chi connectivity index (χ1v) is 10.3. The molecule has 1 aromatic carbocycles. The quantitative estimate of drug-likeness (QED) is 0.463. The lowest BCUT2D eigenvalue weighted by Gasteiger charge is -2.36. The first kappa shape index (κ1) is 21.5. The molecule has 0 atom stereocenters. The molecule has 1 aliphatic rings. The molecule has 0 unspecified atom stereocenters. The van der Waals surface area contributed by atoms with E-state index in [0.717, 1.165) is 62.6 Å². The van der Waals surface area contributed by atoms with Gasteiger partial charge in [-0.2, -0.15) is 0 Å². The predicted octanol–water partition coefficient (Wildman–Crippen LogP) is 4.28. The lowest BCUT2D eigenvalue weighted by molar-refractivity contribution is -0.147. The smallest absolute Gasteiger partial charge is 0.306 e. The van der Waals surface area contributed by atoms with E-state index in [2.05, 4.69) is 4.90 Å². The number of esters is 1. The number of halogens is 1. The average Bonchev–Trinajstić information content (AvgIpc) is 2.64. The molecule has 0 aliphatic carbocycles. The molecule has 1 heterocycles. The zero-order valence-corrected chi connectivity index (χ0v) is 17.2. The van der Waals surface area contributed by atoms with Crippen molar-refractivity contribution in [3.63, 3.8) is 0 Å². The van der Waals surface area contributed by atoms with Gasteiger partial charge in [0.2, 0.25) is 5.91 Å². The largest absolute Gasteiger partial charge is 0.463 e. The molecule has 0 N–H and O–H groups in total. The van der Waals surface area contributed by atoms with Crippen LogP contribution < -0.4 is 4.90 Å². The van der Waals surface area contributed by atoms with Crippen molar-refractivity contribution in [2.24, 2.45) is 0 Å². The van der Waals surface area contributed by atoms with Crippen LogP contribution in [0.5, 0.6) is 0 Å². The summed E-state index contributed by atoms with van der Waals surface area (Å²) in [6.45, 7) is 6.83. The molecule has 6 heteroatoms. The minimum atomic E-state index is -0.127. The van der Waals surface area contributed by atoms with E-state index >= 15 is 0 Å². The number of rotatable bonds is 9. The van der Waals surface area contributed by atoms with Gasteiger partial charge in [0.25, 0.3) is 0 Å². The monoisotopic (exact) mass is 394 g/mol. The first-order valence-electron chi connectivity index (χ1n) is 9.94. The molecule has 0 saturated carbocycles. The maximum absolute atomic E-state index is 12.4. The van der Waals surface area contributed by atoms with Crippen LogP contribution in [0.25, 0.3) is 0 Å². The summed E-state index contributed by atoms with van der Waals surface area (Å²) in [4.78, 5) is 28.0. The number of ether oxygens (including phenoxy) is 1. The van der Waals surface area contributed by atoms with Gasteiger partial charge in [-0.3, -0.25) is 9.59 Å². The van der Waals surface area contributed by atoms with E-state index in [0.29, 0.717) is 12.8 Å². The Hall–Kier alpha value is -1.75. The summed E-state index contributed by atoms with van der Waals surface area (Å²) in [6.07, 6.45) is 4.65. The van der Waals surface area contributed by atoms with Crippen LogP contribution in [0, 0.1) is 0 Å². The summed E-state index contributed by atoms with van der Waals surface area (Å²) >= 11 is 6.26. The van der Waals surface area contributed by atoms with Gasteiger partial charge in [0.05, 0.1) is 16.8 Å². The molecule has 2 rings (SSSR count). The predicted molar refractivity (Wildman–Crippen MR) is 109 cm³/mol. The second-order valence-corrected chi connectivity index (χ2v) is 7.68. The summed E-state index contributed by atoms with van der Waals surface area (Å²) in [7, 11) is 0. The van der Waals surface area contributed by atoms with Gasteiger partial charge < -0.3 is 14.5 Å². The molecular weight excluding hydrogens is 364 g/mol. The van der Waals surface area contributed by atoms with Crippen molar-refractivity contribution in [1.29, 1.82) is 0 Å². The topological polar surface area (TPSA) is 49.9 Å². The molecule has 0 radical (unpaired) electrons. The van der Waals surface area contributed by atoms with Gasteiger partial charge in [0.15, 0.2) is 0 Å². The van der Waals surface area contributed by atoms with Crippen molar-refractivity contribution < 1.29 is 14.3 Å². The number of piperazine rings is 1. The summed E-state index contributed by atoms with van der Waals surface area (Å²) < 4.78 is 5.11. The Labute approximate surface area is 167 Å². The Balaban J connectivity index is 1.58. The first-order chi connectivity index (χ1) is 13.0. The van der Waals surface area contributed by atoms with E-state index < -0.39 is 0 Å². The molecule has 0 aromatic heterocycles. The second-order valence-electron chi connectivity index (χ2n) is 7.27. The Bertz CT molecular complexity index is 613. The summed E-state index contributed by atoms with van der Waals surface area (Å²) in [6, 6.07) is 7.84. The van der Waals surface area contributed by atoms with Crippen molar-refractivity contribution in [1.82, 2.24) is 4.90 Å². The van der Waals surface area contributed by atoms with Gasteiger partial charge in [-0.15, -0.1) is 0 Å². The second kappa shape index (κ2) is 11.2. The highest BCUT2D eigenvalue weighted by Crippen LogP contribution is 2.26. The number of carbonyl (C=O) groups excluding carboxylic acids is 2. The normalized spacial score (nSPS) is 14.5. The molecule has 27 heavy (non-hydrogen) atoms. The SMILES string of the molecule is CC(C)OC(=O)CCCCCCC(=O)N1CCN(c2ccccc2Cl)CC1. The number of para-hydroxylation sites is 1. The maximum atomic E-state index is 12.4. The average molecular weight is 395 g/mol. The third-order valence-corrected chi connectivity index (χ3v) is 5.03. The number of hydrogen-bond donors (Lipinski definition) is 0. The Kier molecular flexibility index (Phi) is 8.92. The molecular formula is C21H31ClN2O3. The van der Waals surface area contributed by atoms with Crippen LogP contribution in [-0.2, 0) is 14.3 Å². The highest BCUT2D eigenvalue weighted by Gasteiger charge is 2.21. The zero-order chi connectivity index (χ0) is 19.6. The van der Waals surface area contributed by atoms with E-state index in [1.54, 1.807) is 0 Å². The molecule has 5 nitrogen and oxygen atoms in total. The maximum Gasteiger partial charge on any atom is 0.306 e. The minimum Gasteiger partial charge on any atom is -0.463 e. The van der Waals surface area contributed by atoms with Crippen molar-refractivity contribution in [3.05, 3.63) is 29.3 Å². The van der Waals surface area contributed by atoms with Crippen molar-refractivity contribution in [2.45, 2.75) is 58.5 Å². The van der Waals surface area contributed by atoms with Gasteiger partial charge in [0.1, 0.15) is 0 Å². The van der Waals surface area contributed by atoms with Crippen molar-refractivity contribution >= 4 is 29.2 Å². The standard InChI is InChI=1S/C21H31ClN2O3/c1-17(2)27-21(26)12-6-4-3-5-11-20(25)24-15-13-23(14-16-24)19-10-8-7-9-18(19)22/h7-10,17H,3-6,11-16H2,1-2H3. The van der Waals surface area contributed by atoms with Gasteiger partial charge in [-0.05, 0) is 38.8 Å². The third-order valence-electron chi connectivity index (χ3n) is 4.71. The number of nitrogens with zero attached hydrogens (tertiary/aromatic N) is 2. The summed E-state index contributed by atoms with van der Waals surface area (Å²) in [5, 5.41) is 0.759. The molecule has 150 valence electrons. The van der Waals surface area contributed by atoms with Crippen LogP contribution >= 0.6 is 11.6 Å². The Morgan fingerprint density at radius 1 is 1.00 bits per heavy atom. The van der Waals surface area contributed by atoms with Gasteiger partial charge in [-0.25, -0.2) is 0 Å². The highest BCUT2D eigenvalue weighted by molar-refractivity contribution is 6.33. The number of unbranched alkanes of at least 4 members (excludes halogenated alkanes) is 3. The van der Waals surface area contributed by atoms with Gasteiger partial charge in [-0.1, -0.05) is 36.6 Å². The number of carbonyl (C=O) groups is 2. The van der Waals surface area contributed by atoms with Crippen molar-refractivity contribution in [3.8, 4) is 0 Å². The molecule has 0 spiro atoms. The van der Waals surface area contributed by atoms with Crippen LogP contribution in [0.2, 0.25) is 5.02 Å². The van der Waals surface area contributed by atoms with E-state index in [1.807, 2.05) is 43.0 Å². The fraction of sp³-hybridized carbons (Fsp3) is 0.619. The van der Waals surface area contributed by atoms with E-state index in [-0.39, 0.29) is 18.0 Å². The highest BCUT2D eigenvalue weighted by atomic mass is 35.5. The fourth-order valence-electron chi connectivity index (χ4n) is 3.28. The van der Waals surface area contributed by atoms with Crippen LogP contribution in [0.4, 0.5) is 5.69 Å². The van der Waals surface area contributed by atoms with E-state index in [9.17, 15) is 9.59 Å². The number of amides is 1. The van der Waals surface area contributed by atoms with Crippen LogP contribution in [-0.4, -0.2) is 49.1 Å². The molecule has 1 fully saturated rings. The molecule has 1 aliphatic heterocycles. The summed E-state index contributed by atoms with van der Waals surface area (Å²) in [5.41, 5.74) is 1.04. The van der Waals surface area contributed by atoms with Crippen LogP contribution in [0.3, 0.4) is 0 Å². The number of benzene rings is 1. The Morgan fingerprint density at radius 2 is 1.63 bits per heavy atom. The summed E-state index contributed by atoms with van der Waals surface area (Å²) in [5.74, 6) is 0.102. The molecule has 0 bridgehead atoms. The van der Waals surface area contributed by atoms with Crippen molar-refractivity contribution in [2.75, 3.05) is 31.1 Å².